The second-order valence-electron chi connectivity index (χ2n) is 3.20. The molecular weight excluding hydrogens is 216 g/mol. The number of hydrogen-bond acceptors (Lipinski definition) is 3. The van der Waals surface area contributed by atoms with E-state index < -0.39 is 0 Å². The molecule has 1 aromatic heterocycles. The molecule has 0 radical (unpaired) electrons. The van der Waals surface area contributed by atoms with E-state index in [0.717, 1.165) is 25.2 Å². The minimum absolute atomic E-state index is 0.154. The van der Waals surface area contributed by atoms with Gasteiger partial charge in [-0.05, 0) is 12.8 Å². The number of halogens is 1. The standard InChI is InChI=1S/C10H15ClN2O2/c1-15-10(14)4-2-3-6-13-7-5-12-9(13)8-11/h5,7H,2-4,6,8H2,1H3. The molecule has 0 unspecified atom stereocenters. The van der Waals surface area contributed by atoms with Crippen LogP contribution in [-0.4, -0.2) is 22.6 Å². The summed E-state index contributed by atoms with van der Waals surface area (Å²) in [5.74, 6) is 1.14. The van der Waals surface area contributed by atoms with Crippen molar-refractivity contribution in [3.8, 4) is 0 Å². The number of alkyl halides is 1. The molecule has 1 heterocycles. The Bertz CT molecular complexity index is 312. The molecule has 0 spiro atoms. The molecule has 1 aromatic rings. The highest BCUT2D eigenvalue weighted by atomic mass is 35.5. The third-order valence-corrected chi connectivity index (χ3v) is 2.42. The van der Waals surface area contributed by atoms with E-state index in [9.17, 15) is 4.79 Å². The van der Waals surface area contributed by atoms with Crippen LogP contribution >= 0.6 is 11.6 Å². The summed E-state index contributed by atoms with van der Waals surface area (Å²) in [6.07, 6.45) is 5.86. The first kappa shape index (κ1) is 12.0. The van der Waals surface area contributed by atoms with Gasteiger partial charge in [-0.1, -0.05) is 0 Å². The molecule has 0 aliphatic carbocycles. The van der Waals surface area contributed by atoms with E-state index in [-0.39, 0.29) is 5.97 Å². The second kappa shape index (κ2) is 6.45. The highest BCUT2D eigenvalue weighted by Gasteiger charge is 2.02. The molecule has 0 aromatic carbocycles. The fourth-order valence-corrected chi connectivity index (χ4v) is 1.55. The molecule has 0 bridgehead atoms. The Morgan fingerprint density at radius 3 is 3.07 bits per heavy atom. The van der Waals surface area contributed by atoms with Crippen LogP contribution in [0.15, 0.2) is 12.4 Å². The summed E-state index contributed by atoms with van der Waals surface area (Å²) >= 11 is 5.70. The number of nitrogens with zero attached hydrogens (tertiary/aromatic N) is 2. The molecule has 0 N–H and O–H groups in total. The van der Waals surface area contributed by atoms with Gasteiger partial charge in [-0.15, -0.1) is 11.6 Å². The predicted molar refractivity (Wildman–Crippen MR) is 57.7 cm³/mol. The van der Waals surface area contributed by atoms with Gasteiger partial charge in [0, 0.05) is 25.4 Å². The molecule has 84 valence electrons. The zero-order valence-corrected chi connectivity index (χ0v) is 9.54. The summed E-state index contributed by atoms with van der Waals surface area (Å²) in [5.41, 5.74) is 0. The number of methoxy groups -OCH3 is 1. The predicted octanol–water partition coefficient (Wildman–Crippen LogP) is 1.97. The summed E-state index contributed by atoms with van der Waals surface area (Å²) in [5, 5.41) is 0. The number of aromatic nitrogens is 2. The smallest absolute Gasteiger partial charge is 0.305 e. The van der Waals surface area contributed by atoms with Crippen molar-refractivity contribution in [1.82, 2.24) is 9.55 Å². The van der Waals surface area contributed by atoms with Crippen LogP contribution in [0.5, 0.6) is 0 Å². The Labute approximate surface area is 94.2 Å². The minimum Gasteiger partial charge on any atom is -0.469 e. The molecule has 0 fully saturated rings. The molecule has 0 saturated carbocycles. The Balaban J connectivity index is 2.23. The van der Waals surface area contributed by atoms with Crippen LogP contribution in [0.25, 0.3) is 0 Å². The SMILES string of the molecule is COC(=O)CCCCn1ccnc1CCl. The van der Waals surface area contributed by atoms with Crippen molar-refractivity contribution in [3.05, 3.63) is 18.2 Å². The molecule has 0 aliphatic rings. The number of carbonyl (C=O) groups is 1. The van der Waals surface area contributed by atoms with Gasteiger partial charge in [0.2, 0.25) is 0 Å². The fraction of sp³-hybridized carbons (Fsp3) is 0.600. The Hall–Kier alpha value is -1.03. The van der Waals surface area contributed by atoms with Gasteiger partial charge < -0.3 is 9.30 Å². The largest absolute Gasteiger partial charge is 0.469 e. The van der Waals surface area contributed by atoms with Crippen molar-refractivity contribution < 1.29 is 9.53 Å². The lowest BCUT2D eigenvalue weighted by Gasteiger charge is -2.04. The topological polar surface area (TPSA) is 44.1 Å². The lowest BCUT2D eigenvalue weighted by atomic mass is 10.2. The van der Waals surface area contributed by atoms with Crippen molar-refractivity contribution in [2.75, 3.05) is 7.11 Å². The van der Waals surface area contributed by atoms with Gasteiger partial charge in [0.05, 0.1) is 13.0 Å². The number of aryl methyl sites for hydroxylation is 1. The zero-order chi connectivity index (χ0) is 11.1. The van der Waals surface area contributed by atoms with Gasteiger partial charge in [-0.25, -0.2) is 4.98 Å². The molecule has 0 aliphatic heterocycles. The Morgan fingerprint density at radius 1 is 1.60 bits per heavy atom. The third-order valence-electron chi connectivity index (χ3n) is 2.18. The Morgan fingerprint density at radius 2 is 2.40 bits per heavy atom. The van der Waals surface area contributed by atoms with E-state index in [0.29, 0.717) is 12.3 Å². The average Bonchev–Trinajstić information content (AvgIpc) is 2.71. The van der Waals surface area contributed by atoms with E-state index in [4.69, 9.17) is 11.6 Å². The second-order valence-corrected chi connectivity index (χ2v) is 3.47. The van der Waals surface area contributed by atoms with Crippen molar-refractivity contribution in [2.45, 2.75) is 31.7 Å². The molecule has 4 nitrogen and oxygen atoms in total. The van der Waals surface area contributed by atoms with Crippen molar-refractivity contribution in [1.29, 1.82) is 0 Å². The van der Waals surface area contributed by atoms with E-state index in [1.807, 2.05) is 10.8 Å². The number of esters is 1. The first-order valence-electron chi connectivity index (χ1n) is 4.90. The van der Waals surface area contributed by atoms with Gasteiger partial charge in [-0.2, -0.15) is 0 Å². The van der Waals surface area contributed by atoms with Gasteiger partial charge in [0.25, 0.3) is 0 Å². The first-order valence-corrected chi connectivity index (χ1v) is 5.44. The molecule has 0 atom stereocenters. The number of imidazole rings is 1. The van der Waals surface area contributed by atoms with Crippen molar-refractivity contribution in [3.63, 3.8) is 0 Å². The molecular formula is C10H15ClN2O2. The van der Waals surface area contributed by atoms with Gasteiger partial charge >= 0.3 is 5.97 Å². The van der Waals surface area contributed by atoms with Crippen LogP contribution in [0.4, 0.5) is 0 Å². The highest BCUT2D eigenvalue weighted by molar-refractivity contribution is 6.16. The maximum absolute atomic E-state index is 10.8. The monoisotopic (exact) mass is 230 g/mol. The van der Waals surface area contributed by atoms with Crippen LogP contribution in [0.2, 0.25) is 0 Å². The number of unbranched alkanes of at least 4 members (excludes halogenated alkanes) is 1. The quantitative estimate of drug-likeness (QED) is 0.426. The van der Waals surface area contributed by atoms with Gasteiger partial charge in [0.15, 0.2) is 0 Å². The fourth-order valence-electron chi connectivity index (χ4n) is 1.33. The minimum atomic E-state index is -0.154. The maximum atomic E-state index is 10.8. The van der Waals surface area contributed by atoms with E-state index in [1.54, 1.807) is 6.20 Å². The number of ether oxygens (including phenoxy) is 1. The number of hydrogen-bond donors (Lipinski definition) is 0. The molecule has 5 heteroatoms. The molecule has 0 amide bonds. The summed E-state index contributed by atoms with van der Waals surface area (Å²) in [4.78, 5) is 14.9. The summed E-state index contributed by atoms with van der Waals surface area (Å²) in [6.45, 7) is 0.846. The zero-order valence-electron chi connectivity index (χ0n) is 8.78. The van der Waals surface area contributed by atoms with Crippen LogP contribution < -0.4 is 0 Å². The number of carbonyl (C=O) groups excluding carboxylic acids is 1. The molecule has 1 rings (SSSR count). The van der Waals surface area contributed by atoms with Crippen LogP contribution in [0.3, 0.4) is 0 Å². The van der Waals surface area contributed by atoms with Crippen LogP contribution in [-0.2, 0) is 22.0 Å². The summed E-state index contributed by atoms with van der Waals surface area (Å²) in [6, 6.07) is 0. The van der Waals surface area contributed by atoms with Gasteiger partial charge in [-0.3, -0.25) is 4.79 Å². The third kappa shape index (κ3) is 3.91. The highest BCUT2D eigenvalue weighted by Crippen LogP contribution is 2.05. The van der Waals surface area contributed by atoms with Gasteiger partial charge in [0.1, 0.15) is 5.82 Å². The van der Waals surface area contributed by atoms with Crippen LogP contribution in [0.1, 0.15) is 25.1 Å². The Kier molecular flexibility index (Phi) is 5.18. The summed E-state index contributed by atoms with van der Waals surface area (Å²) < 4.78 is 6.56. The van der Waals surface area contributed by atoms with Crippen molar-refractivity contribution in [2.24, 2.45) is 0 Å². The lowest BCUT2D eigenvalue weighted by Crippen LogP contribution is -2.04. The van der Waals surface area contributed by atoms with E-state index >= 15 is 0 Å². The lowest BCUT2D eigenvalue weighted by molar-refractivity contribution is -0.140. The number of rotatable bonds is 6. The maximum Gasteiger partial charge on any atom is 0.305 e. The summed E-state index contributed by atoms with van der Waals surface area (Å²) in [7, 11) is 1.41. The van der Waals surface area contributed by atoms with Crippen LogP contribution in [0, 0.1) is 0 Å². The molecule has 15 heavy (non-hydrogen) atoms. The molecule has 0 saturated heterocycles. The van der Waals surface area contributed by atoms with Crippen molar-refractivity contribution >= 4 is 17.6 Å². The average molecular weight is 231 g/mol. The van der Waals surface area contributed by atoms with E-state index in [2.05, 4.69) is 9.72 Å². The normalized spacial score (nSPS) is 10.3. The first-order chi connectivity index (χ1) is 7.27. The van der Waals surface area contributed by atoms with E-state index in [1.165, 1.54) is 7.11 Å².